The van der Waals surface area contributed by atoms with Gasteiger partial charge in [-0.05, 0) is 25.0 Å². The lowest BCUT2D eigenvalue weighted by Gasteiger charge is -2.27. The van der Waals surface area contributed by atoms with Crippen LogP contribution in [0.4, 0.5) is 28.9 Å². The molecule has 1 aliphatic rings. The predicted octanol–water partition coefficient (Wildman–Crippen LogP) is 4.22. The molecular weight excluding hydrogens is 380 g/mol. The first-order valence-corrected chi connectivity index (χ1v) is 8.47. The van der Waals surface area contributed by atoms with Crippen LogP contribution in [0.15, 0.2) is 30.3 Å². The Morgan fingerprint density at radius 3 is 2.29 bits per heavy atom. The number of hydrogen-bond acceptors (Lipinski definition) is 4. The molecule has 1 aliphatic heterocycles. The molecule has 1 heterocycles. The number of nitrogens with zero attached hydrogens (tertiary/aromatic N) is 1. The molecule has 9 heteroatoms. The zero-order valence-corrected chi connectivity index (χ0v) is 14.5. The molecule has 2 N–H and O–H groups in total. The molecular formula is C19H16F4N2O3. The van der Waals surface area contributed by atoms with Crippen LogP contribution in [0.25, 0.3) is 0 Å². The van der Waals surface area contributed by atoms with Crippen molar-refractivity contribution in [2.45, 2.75) is 19.0 Å². The number of benzene rings is 2. The number of phenolic OH excluding ortho intramolecular Hbond substituents is 1. The number of amides is 1. The third-order valence-corrected chi connectivity index (χ3v) is 4.52. The maximum atomic E-state index is 14.9. The van der Waals surface area contributed by atoms with E-state index in [9.17, 15) is 32.3 Å². The Morgan fingerprint density at radius 2 is 1.75 bits per heavy atom. The van der Waals surface area contributed by atoms with Crippen molar-refractivity contribution in [3.8, 4) is 5.75 Å². The van der Waals surface area contributed by atoms with Crippen LogP contribution in [0, 0.1) is 5.82 Å². The van der Waals surface area contributed by atoms with Crippen LogP contribution in [0.1, 0.15) is 39.1 Å². The van der Waals surface area contributed by atoms with E-state index in [-0.39, 0.29) is 24.9 Å². The number of halogens is 4. The highest BCUT2D eigenvalue weighted by molar-refractivity contribution is 6.06. The van der Waals surface area contributed by atoms with E-state index in [0.717, 1.165) is 0 Å². The first kappa shape index (κ1) is 19.7. The van der Waals surface area contributed by atoms with Crippen molar-refractivity contribution in [1.29, 1.82) is 0 Å². The molecule has 3 rings (SSSR count). The minimum Gasteiger partial charge on any atom is -0.505 e. The van der Waals surface area contributed by atoms with Crippen molar-refractivity contribution in [3.63, 3.8) is 0 Å². The third-order valence-electron chi connectivity index (χ3n) is 4.52. The molecule has 2 aromatic rings. The summed E-state index contributed by atoms with van der Waals surface area (Å²) in [6.45, 7) is 0.386. The zero-order chi connectivity index (χ0) is 20.5. The molecule has 1 amide bonds. The average molecular weight is 396 g/mol. The van der Waals surface area contributed by atoms with E-state index in [1.165, 1.54) is 29.2 Å². The maximum Gasteiger partial charge on any atom is 0.422 e. The number of aldehydes is 1. The molecule has 148 valence electrons. The summed E-state index contributed by atoms with van der Waals surface area (Å²) in [5, 5.41) is 12.2. The maximum absolute atomic E-state index is 14.9. The summed E-state index contributed by atoms with van der Waals surface area (Å²) >= 11 is 0. The van der Waals surface area contributed by atoms with Gasteiger partial charge in [0, 0.05) is 18.7 Å². The van der Waals surface area contributed by atoms with Crippen LogP contribution in [0.3, 0.4) is 0 Å². The largest absolute Gasteiger partial charge is 0.505 e. The molecule has 5 nitrogen and oxygen atoms in total. The van der Waals surface area contributed by atoms with Gasteiger partial charge in [-0.2, -0.15) is 13.2 Å². The Bertz CT molecular complexity index is 908. The molecule has 0 unspecified atom stereocenters. The number of nitrogens with one attached hydrogen (secondary N) is 1. The molecule has 0 aromatic heterocycles. The lowest BCUT2D eigenvalue weighted by Crippen LogP contribution is -2.26. The molecule has 0 radical (unpaired) electrons. The Hall–Kier alpha value is -3.10. The van der Waals surface area contributed by atoms with Crippen molar-refractivity contribution >= 4 is 23.6 Å². The van der Waals surface area contributed by atoms with E-state index >= 15 is 0 Å². The first-order chi connectivity index (χ1) is 13.3. The fraction of sp³-hybridized carbons (Fsp3) is 0.263. The molecule has 0 atom stereocenters. The van der Waals surface area contributed by atoms with Crippen molar-refractivity contribution in [3.05, 3.63) is 52.8 Å². The van der Waals surface area contributed by atoms with Crippen LogP contribution >= 0.6 is 0 Å². The molecule has 0 bridgehead atoms. The number of carbonyl (C=O) groups excluding carboxylic acids is 2. The summed E-state index contributed by atoms with van der Waals surface area (Å²) in [7, 11) is 0. The number of phenols is 1. The molecule has 0 aliphatic carbocycles. The SMILES string of the molecule is O=Cc1c(F)c(NC(=O)c2ccccc2)c(O)c(C(F)(F)F)c1N1CCCC1. The van der Waals surface area contributed by atoms with Gasteiger partial charge in [0.1, 0.15) is 11.3 Å². The molecule has 28 heavy (non-hydrogen) atoms. The number of carbonyl (C=O) groups is 2. The summed E-state index contributed by atoms with van der Waals surface area (Å²) in [5.74, 6) is -3.79. The van der Waals surface area contributed by atoms with Gasteiger partial charge in [-0.25, -0.2) is 4.39 Å². The van der Waals surface area contributed by atoms with E-state index in [4.69, 9.17) is 0 Å². The van der Waals surface area contributed by atoms with Crippen molar-refractivity contribution in [2.75, 3.05) is 23.3 Å². The third kappa shape index (κ3) is 3.51. The fourth-order valence-corrected chi connectivity index (χ4v) is 3.25. The molecule has 1 fully saturated rings. The van der Waals surface area contributed by atoms with Crippen LogP contribution in [-0.4, -0.2) is 30.4 Å². The number of rotatable bonds is 4. The summed E-state index contributed by atoms with van der Waals surface area (Å²) in [6.07, 6.45) is -3.95. The van der Waals surface area contributed by atoms with Gasteiger partial charge in [-0.3, -0.25) is 9.59 Å². The van der Waals surface area contributed by atoms with Crippen LogP contribution in [0.5, 0.6) is 5.75 Å². The Kier molecular flexibility index (Phi) is 5.26. The van der Waals surface area contributed by atoms with Crippen LogP contribution < -0.4 is 10.2 Å². The number of anilines is 2. The highest BCUT2D eigenvalue weighted by Gasteiger charge is 2.43. The lowest BCUT2D eigenvalue weighted by molar-refractivity contribution is -0.138. The smallest absolute Gasteiger partial charge is 0.422 e. The van der Waals surface area contributed by atoms with Gasteiger partial charge in [0.2, 0.25) is 0 Å². The van der Waals surface area contributed by atoms with Gasteiger partial charge in [0.25, 0.3) is 5.91 Å². The molecule has 0 saturated carbocycles. The summed E-state index contributed by atoms with van der Waals surface area (Å²) < 4.78 is 56.0. The summed E-state index contributed by atoms with van der Waals surface area (Å²) in [6, 6.07) is 7.38. The highest BCUT2D eigenvalue weighted by Crippen LogP contribution is 2.49. The molecule has 2 aromatic carbocycles. The Labute approximate surface area is 157 Å². The van der Waals surface area contributed by atoms with Crippen LogP contribution in [-0.2, 0) is 6.18 Å². The summed E-state index contributed by atoms with van der Waals surface area (Å²) in [5.41, 5.74) is -4.12. The molecule has 0 spiro atoms. The van der Waals surface area contributed by atoms with Gasteiger partial charge in [0.05, 0.1) is 11.3 Å². The minimum absolute atomic E-state index is 0.0319. The van der Waals surface area contributed by atoms with Crippen molar-refractivity contribution < 1.29 is 32.3 Å². The van der Waals surface area contributed by atoms with Gasteiger partial charge < -0.3 is 15.3 Å². The normalized spacial score (nSPS) is 14.2. The second-order valence-corrected chi connectivity index (χ2v) is 6.30. The monoisotopic (exact) mass is 396 g/mol. The topological polar surface area (TPSA) is 69.6 Å². The zero-order valence-electron chi connectivity index (χ0n) is 14.5. The minimum atomic E-state index is -5.07. The van der Waals surface area contributed by atoms with Gasteiger partial charge in [-0.15, -0.1) is 0 Å². The van der Waals surface area contributed by atoms with E-state index in [1.54, 1.807) is 6.07 Å². The van der Waals surface area contributed by atoms with E-state index in [2.05, 4.69) is 0 Å². The van der Waals surface area contributed by atoms with Gasteiger partial charge in [0.15, 0.2) is 17.9 Å². The van der Waals surface area contributed by atoms with E-state index < -0.39 is 46.2 Å². The standard InChI is InChI=1S/C19H16F4N2O3/c20-14-12(10-26)16(25-8-4-5-9-25)13(19(21,22)23)17(27)15(14)24-18(28)11-6-2-1-3-7-11/h1-3,6-7,10,27H,4-5,8-9H2,(H,24,28). The van der Waals surface area contributed by atoms with Gasteiger partial charge >= 0.3 is 6.18 Å². The quantitative estimate of drug-likeness (QED) is 0.461. The second-order valence-electron chi connectivity index (χ2n) is 6.30. The molecule has 1 saturated heterocycles. The highest BCUT2D eigenvalue weighted by atomic mass is 19.4. The van der Waals surface area contributed by atoms with Crippen LogP contribution in [0.2, 0.25) is 0 Å². The van der Waals surface area contributed by atoms with Crippen molar-refractivity contribution in [1.82, 2.24) is 0 Å². The van der Waals surface area contributed by atoms with E-state index in [0.29, 0.717) is 12.8 Å². The fourth-order valence-electron chi connectivity index (χ4n) is 3.25. The predicted molar refractivity (Wildman–Crippen MR) is 94.3 cm³/mol. The number of alkyl halides is 3. The Morgan fingerprint density at radius 1 is 1.14 bits per heavy atom. The van der Waals surface area contributed by atoms with E-state index in [1.807, 2.05) is 5.32 Å². The Balaban J connectivity index is 2.18. The number of hydrogen-bond donors (Lipinski definition) is 2. The lowest BCUT2D eigenvalue weighted by atomic mass is 10.0. The average Bonchev–Trinajstić information content (AvgIpc) is 3.18. The first-order valence-electron chi connectivity index (χ1n) is 8.47. The van der Waals surface area contributed by atoms with Gasteiger partial charge in [-0.1, -0.05) is 18.2 Å². The number of aromatic hydroxyl groups is 1. The van der Waals surface area contributed by atoms with Crippen molar-refractivity contribution in [2.24, 2.45) is 0 Å². The second kappa shape index (κ2) is 7.49. The summed E-state index contributed by atoms with van der Waals surface area (Å²) in [4.78, 5) is 24.9.